The minimum Gasteiger partial charge on any atom is -0.395 e. The maximum Gasteiger partial charge on any atom is 0.132 e. The molecule has 1 fully saturated rings. The number of rotatable bonds is 3. The molecule has 0 amide bonds. The third-order valence-electron chi connectivity index (χ3n) is 6.07. The monoisotopic (exact) mass is 350 g/mol. The number of nitrogens with zero attached hydrogens (tertiary/aromatic N) is 3. The molecule has 1 aromatic carbocycles. The molecule has 1 aliphatic heterocycles. The van der Waals surface area contributed by atoms with E-state index in [2.05, 4.69) is 33.0 Å². The Hall–Kier alpha value is -2.11. The molecule has 2 aliphatic rings. The van der Waals surface area contributed by atoms with Gasteiger partial charge in [0.25, 0.3) is 0 Å². The number of aliphatic hydroxyl groups excluding tert-OH is 1. The zero-order valence-electron chi connectivity index (χ0n) is 15.2. The zero-order chi connectivity index (χ0) is 17.5. The van der Waals surface area contributed by atoms with Crippen molar-refractivity contribution in [3.63, 3.8) is 0 Å². The van der Waals surface area contributed by atoms with Crippen LogP contribution in [0.25, 0.3) is 21.8 Å². The molecule has 1 aliphatic carbocycles. The van der Waals surface area contributed by atoms with Gasteiger partial charge in [-0.1, -0.05) is 0 Å². The van der Waals surface area contributed by atoms with Crippen molar-refractivity contribution < 1.29 is 5.11 Å². The van der Waals surface area contributed by atoms with Gasteiger partial charge < -0.3 is 15.0 Å². The molecule has 136 valence electrons. The van der Waals surface area contributed by atoms with Crippen LogP contribution in [0, 0.1) is 0 Å². The van der Waals surface area contributed by atoms with Gasteiger partial charge in [-0.05, 0) is 55.0 Å². The molecule has 5 nitrogen and oxygen atoms in total. The van der Waals surface area contributed by atoms with Crippen molar-refractivity contribution in [2.75, 3.05) is 44.2 Å². The van der Waals surface area contributed by atoms with E-state index in [9.17, 15) is 5.11 Å². The minimum atomic E-state index is 0.246. The Bertz CT molecular complexity index is 940. The average Bonchev–Trinajstić information content (AvgIpc) is 3.17. The van der Waals surface area contributed by atoms with Crippen molar-refractivity contribution in [2.45, 2.75) is 25.7 Å². The molecule has 26 heavy (non-hydrogen) atoms. The molecule has 0 radical (unpaired) electrons. The molecule has 0 bridgehead atoms. The van der Waals surface area contributed by atoms with Crippen LogP contribution in [0.2, 0.25) is 0 Å². The fraction of sp³-hybridized carbons (Fsp3) is 0.476. The van der Waals surface area contributed by atoms with Gasteiger partial charge >= 0.3 is 0 Å². The van der Waals surface area contributed by atoms with Crippen LogP contribution in [0.5, 0.6) is 0 Å². The van der Waals surface area contributed by atoms with Gasteiger partial charge in [-0.25, -0.2) is 4.98 Å². The summed E-state index contributed by atoms with van der Waals surface area (Å²) in [7, 11) is 0. The number of anilines is 1. The molecule has 0 spiro atoms. The summed E-state index contributed by atoms with van der Waals surface area (Å²) in [5.74, 6) is 1.21. The van der Waals surface area contributed by atoms with Crippen molar-refractivity contribution in [2.24, 2.45) is 0 Å². The molecule has 3 aromatic rings. The topological polar surface area (TPSA) is 55.4 Å². The number of aliphatic hydroxyl groups is 1. The predicted molar refractivity (Wildman–Crippen MR) is 106 cm³/mol. The van der Waals surface area contributed by atoms with Crippen molar-refractivity contribution in [3.05, 3.63) is 35.5 Å². The van der Waals surface area contributed by atoms with Gasteiger partial charge in [0.15, 0.2) is 0 Å². The Labute approximate surface area is 153 Å². The lowest BCUT2D eigenvalue weighted by molar-refractivity contribution is 0.188. The van der Waals surface area contributed by atoms with Crippen molar-refractivity contribution in [3.8, 4) is 0 Å². The standard InChI is InChI=1S/C21H26N4O/c26-14-13-24-9-11-25(12-10-24)21-16-4-2-1-3-15(16)20-17-7-8-22-18(17)5-6-19(20)23-21/h5-8,22,26H,1-4,9-14H2. The molecule has 0 atom stereocenters. The second kappa shape index (κ2) is 6.56. The van der Waals surface area contributed by atoms with Crippen LogP contribution in [0.4, 0.5) is 5.82 Å². The third kappa shape index (κ3) is 2.58. The number of pyridine rings is 1. The van der Waals surface area contributed by atoms with Crippen LogP contribution in [-0.2, 0) is 12.8 Å². The highest BCUT2D eigenvalue weighted by molar-refractivity contribution is 6.08. The first kappa shape index (κ1) is 16.1. The van der Waals surface area contributed by atoms with Crippen LogP contribution in [0.15, 0.2) is 24.4 Å². The van der Waals surface area contributed by atoms with Gasteiger partial charge in [-0.2, -0.15) is 0 Å². The quantitative estimate of drug-likeness (QED) is 0.763. The fourth-order valence-electron chi connectivity index (χ4n) is 4.73. The van der Waals surface area contributed by atoms with E-state index in [1.54, 1.807) is 0 Å². The molecule has 0 saturated carbocycles. The molecular weight excluding hydrogens is 324 g/mol. The maximum absolute atomic E-state index is 9.18. The van der Waals surface area contributed by atoms with Crippen molar-refractivity contribution >= 4 is 27.6 Å². The van der Waals surface area contributed by atoms with Crippen LogP contribution >= 0.6 is 0 Å². The zero-order valence-corrected chi connectivity index (χ0v) is 15.2. The summed E-state index contributed by atoms with van der Waals surface area (Å²) < 4.78 is 0. The van der Waals surface area contributed by atoms with E-state index in [4.69, 9.17) is 4.98 Å². The van der Waals surface area contributed by atoms with Gasteiger partial charge in [0.05, 0.1) is 12.1 Å². The van der Waals surface area contributed by atoms with E-state index in [1.807, 2.05) is 6.20 Å². The summed E-state index contributed by atoms with van der Waals surface area (Å²) in [5.41, 5.74) is 5.34. The van der Waals surface area contributed by atoms with Crippen molar-refractivity contribution in [1.29, 1.82) is 0 Å². The number of aryl methyl sites for hydroxylation is 1. The highest BCUT2D eigenvalue weighted by Crippen LogP contribution is 2.37. The fourth-order valence-corrected chi connectivity index (χ4v) is 4.73. The third-order valence-corrected chi connectivity index (χ3v) is 6.07. The molecule has 5 heteroatoms. The molecule has 0 unspecified atom stereocenters. The van der Waals surface area contributed by atoms with Gasteiger partial charge in [0.1, 0.15) is 5.82 Å². The van der Waals surface area contributed by atoms with E-state index >= 15 is 0 Å². The van der Waals surface area contributed by atoms with Crippen LogP contribution in [0.1, 0.15) is 24.0 Å². The second-order valence-corrected chi connectivity index (χ2v) is 7.55. The summed E-state index contributed by atoms with van der Waals surface area (Å²) in [4.78, 5) is 13.3. The molecule has 1 saturated heterocycles. The summed E-state index contributed by atoms with van der Waals surface area (Å²) in [6.45, 7) is 5.03. The van der Waals surface area contributed by atoms with Gasteiger partial charge in [0.2, 0.25) is 0 Å². The smallest absolute Gasteiger partial charge is 0.132 e. The summed E-state index contributed by atoms with van der Waals surface area (Å²) in [6.07, 6.45) is 6.88. The Morgan fingerprint density at radius 2 is 1.81 bits per heavy atom. The summed E-state index contributed by atoms with van der Waals surface area (Å²) in [6, 6.07) is 6.53. The van der Waals surface area contributed by atoms with Gasteiger partial charge in [-0.3, -0.25) is 4.90 Å². The van der Waals surface area contributed by atoms with Gasteiger partial charge in [-0.15, -0.1) is 0 Å². The number of aromatic amines is 1. The largest absolute Gasteiger partial charge is 0.395 e. The SMILES string of the molecule is OCCN1CCN(c2nc3ccc4[nH]ccc4c3c3c2CCCC3)CC1. The molecular formula is C21H26N4O. The number of H-pyrrole nitrogens is 1. The van der Waals surface area contributed by atoms with Gasteiger partial charge in [0, 0.05) is 55.2 Å². The average molecular weight is 350 g/mol. The number of piperazine rings is 1. The minimum absolute atomic E-state index is 0.246. The highest BCUT2D eigenvalue weighted by Gasteiger charge is 2.25. The Balaban J connectivity index is 1.61. The van der Waals surface area contributed by atoms with Crippen LogP contribution in [0.3, 0.4) is 0 Å². The van der Waals surface area contributed by atoms with E-state index in [-0.39, 0.29) is 6.61 Å². The number of hydrogen-bond donors (Lipinski definition) is 2. The molecule has 2 N–H and O–H groups in total. The summed E-state index contributed by atoms with van der Waals surface area (Å²) in [5, 5.41) is 11.9. The second-order valence-electron chi connectivity index (χ2n) is 7.55. The number of β-amino-alcohol motifs (C(OH)–C–C–N with tert-alkyl or cyclic N) is 1. The van der Waals surface area contributed by atoms with Crippen LogP contribution in [-0.4, -0.2) is 59.3 Å². The van der Waals surface area contributed by atoms with Crippen molar-refractivity contribution in [1.82, 2.24) is 14.9 Å². The maximum atomic E-state index is 9.18. The predicted octanol–water partition coefficient (Wildman–Crippen LogP) is 2.71. The lowest BCUT2D eigenvalue weighted by Gasteiger charge is -2.37. The number of nitrogens with one attached hydrogen (secondary N) is 1. The number of aromatic nitrogens is 2. The first-order valence-electron chi connectivity index (χ1n) is 9.85. The van der Waals surface area contributed by atoms with E-state index in [0.717, 1.165) is 51.1 Å². The Morgan fingerprint density at radius 1 is 1.00 bits per heavy atom. The first-order chi connectivity index (χ1) is 12.8. The normalized spacial score (nSPS) is 18.6. The Kier molecular flexibility index (Phi) is 4.06. The Morgan fingerprint density at radius 3 is 2.62 bits per heavy atom. The molecule has 5 rings (SSSR count). The number of benzene rings is 1. The molecule has 2 aromatic heterocycles. The molecule has 3 heterocycles. The first-order valence-corrected chi connectivity index (χ1v) is 9.85. The lowest BCUT2D eigenvalue weighted by atomic mass is 9.88. The van der Waals surface area contributed by atoms with Crippen LogP contribution < -0.4 is 4.90 Å². The lowest BCUT2D eigenvalue weighted by Crippen LogP contribution is -2.47. The van der Waals surface area contributed by atoms with E-state index in [0.29, 0.717) is 0 Å². The van der Waals surface area contributed by atoms with E-state index in [1.165, 1.54) is 46.1 Å². The number of fused-ring (bicyclic) bond motifs is 5. The number of hydrogen-bond acceptors (Lipinski definition) is 4. The highest BCUT2D eigenvalue weighted by atomic mass is 16.3. The summed E-state index contributed by atoms with van der Waals surface area (Å²) >= 11 is 0. The van der Waals surface area contributed by atoms with E-state index < -0.39 is 0 Å².